The minimum absolute atomic E-state index is 0.0555. The van der Waals surface area contributed by atoms with Crippen molar-refractivity contribution in [1.82, 2.24) is 14.8 Å². The van der Waals surface area contributed by atoms with Gasteiger partial charge in [-0.25, -0.2) is 0 Å². The second kappa shape index (κ2) is 4.88. The van der Waals surface area contributed by atoms with Gasteiger partial charge < -0.3 is 9.84 Å². The lowest BCUT2D eigenvalue weighted by Crippen LogP contribution is -2.18. The van der Waals surface area contributed by atoms with E-state index in [4.69, 9.17) is 4.74 Å². The van der Waals surface area contributed by atoms with E-state index < -0.39 is 0 Å². The number of nitrogens with zero attached hydrogens (tertiary/aromatic N) is 3. The van der Waals surface area contributed by atoms with Crippen molar-refractivity contribution in [2.24, 2.45) is 0 Å². The van der Waals surface area contributed by atoms with Gasteiger partial charge in [0.2, 0.25) is 0 Å². The van der Waals surface area contributed by atoms with Gasteiger partial charge in [-0.3, -0.25) is 9.67 Å². The van der Waals surface area contributed by atoms with Crippen molar-refractivity contribution in [1.29, 1.82) is 0 Å². The molecule has 0 radical (unpaired) electrons. The molecule has 1 atom stereocenters. The van der Waals surface area contributed by atoms with Gasteiger partial charge in [-0.2, -0.15) is 5.10 Å². The first-order chi connectivity index (χ1) is 8.86. The lowest BCUT2D eigenvalue weighted by atomic mass is 10.00. The fourth-order valence-electron chi connectivity index (χ4n) is 2.22. The molecular weight excluding hydrogens is 230 g/mol. The molecule has 1 N–H and O–H groups in total. The SMILES string of the molecule is OC[C@@H]1COCc2nn(Cc3ccncc3)cc21. The minimum atomic E-state index is 0.0555. The molecule has 0 spiro atoms. The third-order valence-corrected chi connectivity index (χ3v) is 3.18. The van der Waals surface area contributed by atoms with Crippen LogP contribution in [0.15, 0.2) is 30.7 Å². The van der Waals surface area contributed by atoms with E-state index >= 15 is 0 Å². The Morgan fingerprint density at radius 3 is 3.00 bits per heavy atom. The summed E-state index contributed by atoms with van der Waals surface area (Å²) in [5, 5.41) is 13.8. The van der Waals surface area contributed by atoms with Crippen LogP contribution >= 0.6 is 0 Å². The van der Waals surface area contributed by atoms with E-state index in [1.165, 1.54) is 0 Å². The molecule has 5 heteroatoms. The zero-order valence-corrected chi connectivity index (χ0v) is 9.99. The summed E-state index contributed by atoms with van der Waals surface area (Å²) < 4.78 is 7.32. The molecule has 0 bridgehead atoms. The van der Waals surface area contributed by atoms with Crippen LogP contribution in [0.2, 0.25) is 0 Å². The van der Waals surface area contributed by atoms with Crippen LogP contribution in [0.5, 0.6) is 0 Å². The van der Waals surface area contributed by atoms with Gasteiger partial charge in [0.15, 0.2) is 0 Å². The highest BCUT2D eigenvalue weighted by Gasteiger charge is 2.23. The van der Waals surface area contributed by atoms with Gasteiger partial charge in [0, 0.05) is 30.1 Å². The summed E-state index contributed by atoms with van der Waals surface area (Å²) in [7, 11) is 0. The zero-order chi connectivity index (χ0) is 12.4. The van der Waals surface area contributed by atoms with Gasteiger partial charge in [0.05, 0.1) is 32.1 Å². The molecule has 2 aromatic rings. The fraction of sp³-hybridized carbons (Fsp3) is 0.385. The maximum Gasteiger partial charge on any atom is 0.0918 e. The number of aromatic nitrogens is 3. The Kier molecular flexibility index (Phi) is 3.08. The molecule has 0 aromatic carbocycles. The summed E-state index contributed by atoms with van der Waals surface area (Å²) in [5.74, 6) is 0.0555. The Morgan fingerprint density at radius 2 is 2.22 bits per heavy atom. The summed E-state index contributed by atoms with van der Waals surface area (Å²) in [6.45, 7) is 1.93. The Morgan fingerprint density at radius 1 is 1.39 bits per heavy atom. The number of hydrogen-bond acceptors (Lipinski definition) is 4. The Labute approximate surface area is 105 Å². The maximum atomic E-state index is 9.31. The smallest absolute Gasteiger partial charge is 0.0918 e. The molecule has 0 saturated carbocycles. The number of aliphatic hydroxyl groups is 1. The van der Waals surface area contributed by atoms with Gasteiger partial charge in [0.1, 0.15) is 0 Å². The number of aliphatic hydroxyl groups excluding tert-OH is 1. The Hall–Kier alpha value is -1.72. The molecule has 5 nitrogen and oxygen atoms in total. The van der Waals surface area contributed by atoms with Crippen LogP contribution in [-0.4, -0.2) is 33.1 Å². The topological polar surface area (TPSA) is 60.2 Å². The van der Waals surface area contributed by atoms with Gasteiger partial charge in [-0.15, -0.1) is 0 Å². The zero-order valence-electron chi connectivity index (χ0n) is 9.99. The number of hydrogen-bond donors (Lipinski definition) is 1. The number of fused-ring (bicyclic) bond motifs is 1. The van der Waals surface area contributed by atoms with E-state index in [0.29, 0.717) is 19.8 Å². The van der Waals surface area contributed by atoms with Crippen molar-refractivity contribution >= 4 is 0 Å². The summed E-state index contributed by atoms with van der Waals surface area (Å²) in [4.78, 5) is 3.99. The van der Waals surface area contributed by atoms with Crippen molar-refractivity contribution in [2.45, 2.75) is 19.1 Å². The summed E-state index contributed by atoms with van der Waals surface area (Å²) in [6, 6.07) is 3.95. The minimum Gasteiger partial charge on any atom is -0.396 e. The largest absolute Gasteiger partial charge is 0.396 e. The molecule has 3 rings (SSSR count). The highest BCUT2D eigenvalue weighted by atomic mass is 16.5. The van der Waals surface area contributed by atoms with Gasteiger partial charge >= 0.3 is 0 Å². The maximum absolute atomic E-state index is 9.31. The normalized spacial score (nSPS) is 18.6. The fourth-order valence-corrected chi connectivity index (χ4v) is 2.22. The first-order valence-corrected chi connectivity index (χ1v) is 6.00. The molecule has 3 heterocycles. The molecule has 1 aliphatic rings. The molecule has 2 aromatic heterocycles. The molecule has 94 valence electrons. The number of pyridine rings is 1. The summed E-state index contributed by atoms with van der Waals surface area (Å²) in [6.07, 6.45) is 5.57. The van der Waals surface area contributed by atoms with Gasteiger partial charge in [-0.1, -0.05) is 0 Å². The Bertz CT molecular complexity index is 524. The van der Waals surface area contributed by atoms with E-state index in [-0.39, 0.29) is 12.5 Å². The highest BCUT2D eigenvalue weighted by Crippen LogP contribution is 2.25. The average molecular weight is 245 g/mol. The average Bonchev–Trinajstić information content (AvgIpc) is 2.82. The quantitative estimate of drug-likeness (QED) is 0.874. The van der Waals surface area contributed by atoms with Crippen LogP contribution in [0.25, 0.3) is 0 Å². The summed E-state index contributed by atoms with van der Waals surface area (Å²) in [5.41, 5.74) is 3.21. The van der Waals surface area contributed by atoms with Gasteiger partial charge in [0.25, 0.3) is 0 Å². The van der Waals surface area contributed by atoms with Crippen LogP contribution < -0.4 is 0 Å². The van der Waals surface area contributed by atoms with Crippen LogP contribution in [0.1, 0.15) is 22.7 Å². The van der Waals surface area contributed by atoms with Crippen LogP contribution in [0, 0.1) is 0 Å². The monoisotopic (exact) mass is 245 g/mol. The number of rotatable bonds is 3. The lowest BCUT2D eigenvalue weighted by molar-refractivity contribution is 0.0702. The van der Waals surface area contributed by atoms with Crippen molar-refractivity contribution in [3.05, 3.63) is 47.5 Å². The molecule has 18 heavy (non-hydrogen) atoms. The van der Waals surface area contributed by atoms with Gasteiger partial charge in [-0.05, 0) is 17.7 Å². The van der Waals surface area contributed by atoms with Crippen LogP contribution in [0.4, 0.5) is 0 Å². The summed E-state index contributed by atoms with van der Waals surface area (Å²) >= 11 is 0. The van der Waals surface area contributed by atoms with Crippen molar-refractivity contribution in [2.75, 3.05) is 13.2 Å². The molecule has 0 aliphatic carbocycles. The van der Waals surface area contributed by atoms with Crippen molar-refractivity contribution < 1.29 is 9.84 Å². The molecule has 0 amide bonds. The van der Waals surface area contributed by atoms with Crippen LogP contribution in [-0.2, 0) is 17.9 Å². The molecule has 0 saturated heterocycles. The molecular formula is C13H15N3O2. The third-order valence-electron chi connectivity index (χ3n) is 3.18. The lowest BCUT2D eigenvalue weighted by Gasteiger charge is -2.19. The third kappa shape index (κ3) is 2.14. The molecule has 0 fully saturated rings. The van der Waals surface area contributed by atoms with Crippen molar-refractivity contribution in [3.8, 4) is 0 Å². The second-order valence-corrected chi connectivity index (χ2v) is 4.48. The Balaban J connectivity index is 1.84. The van der Waals surface area contributed by atoms with Crippen molar-refractivity contribution in [3.63, 3.8) is 0 Å². The van der Waals surface area contributed by atoms with E-state index in [2.05, 4.69) is 10.1 Å². The standard InChI is InChI=1S/C13H15N3O2/c17-7-11-8-18-9-13-12(11)6-16(15-13)5-10-1-3-14-4-2-10/h1-4,6,11,17H,5,7-9H2/t11-/m1/s1. The predicted molar refractivity (Wildman–Crippen MR) is 65.0 cm³/mol. The highest BCUT2D eigenvalue weighted by molar-refractivity contribution is 5.24. The van der Waals surface area contributed by atoms with Crippen LogP contribution in [0.3, 0.4) is 0 Å². The van der Waals surface area contributed by atoms with E-state index in [0.717, 1.165) is 16.8 Å². The molecule has 1 aliphatic heterocycles. The molecule has 0 unspecified atom stereocenters. The first-order valence-electron chi connectivity index (χ1n) is 6.00. The number of ether oxygens (including phenoxy) is 1. The van der Waals surface area contributed by atoms with E-state index in [1.54, 1.807) is 12.4 Å². The first kappa shape index (κ1) is 11.4. The second-order valence-electron chi connectivity index (χ2n) is 4.48. The van der Waals surface area contributed by atoms with E-state index in [1.807, 2.05) is 23.0 Å². The predicted octanol–water partition coefficient (Wildman–Crippen LogP) is 0.932. The van der Waals surface area contributed by atoms with E-state index in [9.17, 15) is 5.11 Å².